The molecule has 2 rings (SSSR count). The Morgan fingerprint density at radius 1 is 1.46 bits per heavy atom. The summed E-state index contributed by atoms with van der Waals surface area (Å²) in [6, 6.07) is 8.31. The van der Waals surface area contributed by atoms with Crippen molar-refractivity contribution in [2.24, 2.45) is 5.92 Å². The van der Waals surface area contributed by atoms with Crippen LogP contribution in [0.2, 0.25) is 0 Å². The summed E-state index contributed by atoms with van der Waals surface area (Å²) in [4.78, 5) is 0. The molecule has 13 heavy (non-hydrogen) atoms. The zero-order chi connectivity index (χ0) is 9.26. The standard InChI is InChI=1S/C12H16O/c1-2-9-4-3-5-11(8-9)12(13)10-6-7-10/h3-5,8,10,12-13H,2,6-7H2,1H3. The molecule has 0 spiro atoms. The molecule has 0 heterocycles. The summed E-state index contributed by atoms with van der Waals surface area (Å²) in [6.45, 7) is 2.14. The van der Waals surface area contributed by atoms with Crippen LogP contribution in [0.15, 0.2) is 24.3 Å². The predicted octanol–water partition coefficient (Wildman–Crippen LogP) is 2.69. The van der Waals surface area contributed by atoms with Crippen molar-refractivity contribution in [3.8, 4) is 0 Å². The molecule has 1 aromatic rings. The van der Waals surface area contributed by atoms with Crippen molar-refractivity contribution < 1.29 is 5.11 Å². The number of hydrogen-bond donors (Lipinski definition) is 1. The Bertz CT molecular complexity index is 289. The third-order valence-corrected chi connectivity index (χ3v) is 2.77. The normalized spacial score (nSPS) is 18.6. The van der Waals surface area contributed by atoms with Crippen molar-refractivity contribution in [2.45, 2.75) is 32.3 Å². The second kappa shape index (κ2) is 3.51. The van der Waals surface area contributed by atoms with Crippen LogP contribution in [0.1, 0.15) is 37.0 Å². The fourth-order valence-electron chi connectivity index (χ4n) is 1.68. The predicted molar refractivity (Wildman–Crippen MR) is 53.5 cm³/mol. The second-order valence-electron chi connectivity index (χ2n) is 3.88. The molecular weight excluding hydrogens is 160 g/mol. The zero-order valence-electron chi connectivity index (χ0n) is 8.03. The smallest absolute Gasteiger partial charge is 0.0818 e. The molecule has 0 amide bonds. The van der Waals surface area contributed by atoms with Gasteiger partial charge in [0.25, 0.3) is 0 Å². The molecule has 1 saturated carbocycles. The quantitative estimate of drug-likeness (QED) is 0.750. The van der Waals surface area contributed by atoms with E-state index < -0.39 is 0 Å². The maximum atomic E-state index is 9.88. The fourth-order valence-corrected chi connectivity index (χ4v) is 1.68. The van der Waals surface area contributed by atoms with E-state index in [1.54, 1.807) is 0 Å². The molecule has 70 valence electrons. The summed E-state index contributed by atoms with van der Waals surface area (Å²) in [5.74, 6) is 0.534. The molecule has 1 fully saturated rings. The Hall–Kier alpha value is -0.820. The first-order chi connectivity index (χ1) is 6.31. The van der Waals surface area contributed by atoms with E-state index in [-0.39, 0.29) is 6.10 Å². The first kappa shape index (κ1) is 8.76. The third kappa shape index (κ3) is 1.92. The number of benzene rings is 1. The first-order valence-electron chi connectivity index (χ1n) is 5.08. The summed E-state index contributed by atoms with van der Waals surface area (Å²) >= 11 is 0. The fraction of sp³-hybridized carbons (Fsp3) is 0.500. The van der Waals surface area contributed by atoms with Crippen LogP contribution in [0, 0.1) is 5.92 Å². The number of aliphatic hydroxyl groups is 1. The minimum Gasteiger partial charge on any atom is -0.388 e. The summed E-state index contributed by atoms with van der Waals surface area (Å²) in [6.07, 6.45) is 3.21. The summed E-state index contributed by atoms with van der Waals surface area (Å²) in [5.41, 5.74) is 2.42. The van der Waals surface area contributed by atoms with Gasteiger partial charge in [-0.3, -0.25) is 0 Å². The van der Waals surface area contributed by atoms with E-state index in [2.05, 4.69) is 19.1 Å². The molecule has 1 heteroatoms. The van der Waals surface area contributed by atoms with Gasteiger partial charge < -0.3 is 5.11 Å². The average Bonchev–Trinajstić information content (AvgIpc) is 3.00. The Morgan fingerprint density at radius 2 is 2.23 bits per heavy atom. The summed E-state index contributed by atoms with van der Waals surface area (Å²) in [7, 11) is 0. The molecular formula is C12H16O. The van der Waals surface area contributed by atoms with Crippen LogP contribution in [-0.2, 0) is 6.42 Å². The van der Waals surface area contributed by atoms with Gasteiger partial charge >= 0.3 is 0 Å². The van der Waals surface area contributed by atoms with E-state index in [4.69, 9.17) is 0 Å². The summed E-state index contributed by atoms with van der Waals surface area (Å²) < 4.78 is 0. The van der Waals surface area contributed by atoms with Crippen molar-refractivity contribution >= 4 is 0 Å². The largest absolute Gasteiger partial charge is 0.388 e. The van der Waals surface area contributed by atoms with E-state index in [1.165, 1.54) is 18.4 Å². The molecule has 0 bridgehead atoms. The molecule has 1 unspecified atom stereocenters. The lowest BCUT2D eigenvalue weighted by Gasteiger charge is -2.10. The Kier molecular flexibility index (Phi) is 2.36. The van der Waals surface area contributed by atoms with Gasteiger partial charge in [0, 0.05) is 0 Å². The van der Waals surface area contributed by atoms with Crippen LogP contribution >= 0.6 is 0 Å². The van der Waals surface area contributed by atoms with Crippen molar-refractivity contribution in [1.29, 1.82) is 0 Å². The van der Waals surface area contributed by atoms with Gasteiger partial charge in [-0.15, -0.1) is 0 Å². The number of hydrogen-bond acceptors (Lipinski definition) is 1. The average molecular weight is 176 g/mol. The first-order valence-corrected chi connectivity index (χ1v) is 5.08. The molecule has 1 nitrogen and oxygen atoms in total. The molecule has 1 aliphatic carbocycles. The number of rotatable bonds is 3. The van der Waals surface area contributed by atoms with Crippen LogP contribution in [0.4, 0.5) is 0 Å². The van der Waals surface area contributed by atoms with Gasteiger partial charge in [0.1, 0.15) is 0 Å². The highest BCUT2D eigenvalue weighted by molar-refractivity contribution is 5.26. The third-order valence-electron chi connectivity index (χ3n) is 2.77. The van der Waals surface area contributed by atoms with E-state index in [0.29, 0.717) is 5.92 Å². The van der Waals surface area contributed by atoms with E-state index in [0.717, 1.165) is 12.0 Å². The number of aryl methyl sites for hydroxylation is 1. The lowest BCUT2D eigenvalue weighted by molar-refractivity contribution is 0.154. The van der Waals surface area contributed by atoms with Gasteiger partial charge in [-0.1, -0.05) is 31.2 Å². The molecule has 1 atom stereocenters. The molecule has 1 aliphatic rings. The molecule has 0 aromatic heterocycles. The van der Waals surface area contributed by atoms with Gasteiger partial charge in [0.05, 0.1) is 6.10 Å². The molecule has 0 radical (unpaired) electrons. The highest BCUT2D eigenvalue weighted by Gasteiger charge is 2.30. The lowest BCUT2D eigenvalue weighted by Crippen LogP contribution is -1.99. The van der Waals surface area contributed by atoms with Crippen LogP contribution in [0.5, 0.6) is 0 Å². The molecule has 1 N–H and O–H groups in total. The SMILES string of the molecule is CCc1cccc(C(O)C2CC2)c1. The minimum absolute atomic E-state index is 0.216. The van der Waals surface area contributed by atoms with Crippen LogP contribution in [-0.4, -0.2) is 5.11 Å². The van der Waals surface area contributed by atoms with Gasteiger partial charge in [-0.2, -0.15) is 0 Å². The van der Waals surface area contributed by atoms with Gasteiger partial charge in [-0.25, -0.2) is 0 Å². The molecule has 1 aromatic carbocycles. The van der Waals surface area contributed by atoms with Crippen molar-refractivity contribution in [1.82, 2.24) is 0 Å². The monoisotopic (exact) mass is 176 g/mol. The van der Waals surface area contributed by atoms with Gasteiger partial charge in [0.2, 0.25) is 0 Å². The van der Waals surface area contributed by atoms with E-state index in [9.17, 15) is 5.11 Å². The highest BCUT2D eigenvalue weighted by Crippen LogP contribution is 2.40. The topological polar surface area (TPSA) is 20.2 Å². The minimum atomic E-state index is -0.216. The van der Waals surface area contributed by atoms with E-state index >= 15 is 0 Å². The number of aliphatic hydroxyl groups excluding tert-OH is 1. The lowest BCUT2D eigenvalue weighted by atomic mass is 10.0. The van der Waals surface area contributed by atoms with Gasteiger partial charge in [-0.05, 0) is 36.3 Å². The van der Waals surface area contributed by atoms with E-state index in [1.807, 2.05) is 12.1 Å². The maximum Gasteiger partial charge on any atom is 0.0818 e. The van der Waals surface area contributed by atoms with Crippen LogP contribution in [0.3, 0.4) is 0 Å². The Labute approximate surface area is 79.4 Å². The van der Waals surface area contributed by atoms with Crippen molar-refractivity contribution in [3.05, 3.63) is 35.4 Å². The highest BCUT2D eigenvalue weighted by atomic mass is 16.3. The molecule has 0 saturated heterocycles. The van der Waals surface area contributed by atoms with Crippen LogP contribution in [0.25, 0.3) is 0 Å². The Balaban J connectivity index is 2.18. The van der Waals surface area contributed by atoms with Crippen molar-refractivity contribution in [3.63, 3.8) is 0 Å². The maximum absolute atomic E-state index is 9.88. The van der Waals surface area contributed by atoms with Crippen LogP contribution < -0.4 is 0 Å². The van der Waals surface area contributed by atoms with Gasteiger partial charge in [0.15, 0.2) is 0 Å². The zero-order valence-corrected chi connectivity index (χ0v) is 8.03. The van der Waals surface area contributed by atoms with Crippen molar-refractivity contribution in [2.75, 3.05) is 0 Å². The Morgan fingerprint density at radius 3 is 2.85 bits per heavy atom. The summed E-state index contributed by atoms with van der Waals surface area (Å²) in [5, 5.41) is 9.88. The molecule has 0 aliphatic heterocycles. The second-order valence-corrected chi connectivity index (χ2v) is 3.88.